The van der Waals surface area contributed by atoms with Gasteiger partial charge in [-0.25, -0.2) is 0 Å². The molecule has 0 atom stereocenters. The molecule has 2 amide bonds. The lowest BCUT2D eigenvalue weighted by molar-refractivity contribution is 0.0996. The van der Waals surface area contributed by atoms with E-state index in [2.05, 4.69) is 16.8 Å². The maximum atomic E-state index is 12.7. The summed E-state index contributed by atoms with van der Waals surface area (Å²) in [6.07, 6.45) is 6.17. The first kappa shape index (κ1) is 17.3. The summed E-state index contributed by atoms with van der Waals surface area (Å²) in [6, 6.07) is 9.14. The van der Waals surface area contributed by atoms with Gasteiger partial charge in [0, 0.05) is 28.7 Å². The topological polar surface area (TPSA) is 77.1 Å². The third-order valence-electron chi connectivity index (χ3n) is 5.07. The van der Waals surface area contributed by atoms with Gasteiger partial charge in [-0.2, -0.15) is 0 Å². The van der Waals surface area contributed by atoms with Gasteiger partial charge >= 0.3 is 0 Å². The molecule has 0 radical (unpaired) electrons. The molecular formula is C20H25N3O2. The Hall–Kier alpha value is -2.56. The first-order chi connectivity index (χ1) is 12.0. The molecule has 2 aromatic rings. The minimum absolute atomic E-state index is 0.156. The van der Waals surface area contributed by atoms with Crippen LogP contribution in [0.3, 0.4) is 0 Å². The van der Waals surface area contributed by atoms with E-state index in [0.717, 1.165) is 11.4 Å². The van der Waals surface area contributed by atoms with Crippen molar-refractivity contribution in [3.05, 3.63) is 52.8 Å². The lowest BCUT2D eigenvalue weighted by atomic mass is 9.95. The molecule has 1 aromatic carbocycles. The normalized spacial score (nSPS) is 15.1. The van der Waals surface area contributed by atoms with Crippen molar-refractivity contribution in [2.75, 3.05) is 5.32 Å². The molecule has 5 heteroatoms. The largest absolute Gasteiger partial charge is 0.366 e. The number of aryl methyl sites for hydroxylation is 1. The molecular weight excluding hydrogens is 314 g/mol. The van der Waals surface area contributed by atoms with Crippen LogP contribution in [0.5, 0.6) is 0 Å². The lowest BCUT2D eigenvalue weighted by Gasteiger charge is -2.26. The molecule has 1 saturated carbocycles. The Morgan fingerprint density at radius 2 is 1.84 bits per heavy atom. The number of amides is 2. The van der Waals surface area contributed by atoms with Crippen LogP contribution in [-0.4, -0.2) is 16.4 Å². The van der Waals surface area contributed by atoms with E-state index in [1.807, 2.05) is 13.0 Å². The van der Waals surface area contributed by atoms with Gasteiger partial charge in [-0.05, 0) is 51.0 Å². The summed E-state index contributed by atoms with van der Waals surface area (Å²) in [4.78, 5) is 24.0. The Kier molecular flexibility index (Phi) is 4.93. The number of nitrogens with zero attached hydrogens (tertiary/aromatic N) is 1. The van der Waals surface area contributed by atoms with Crippen molar-refractivity contribution in [3.8, 4) is 0 Å². The molecule has 5 nitrogen and oxygen atoms in total. The highest BCUT2D eigenvalue weighted by Gasteiger charge is 2.22. The number of benzene rings is 1. The minimum Gasteiger partial charge on any atom is -0.366 e. The van der Waals surface area contributed by atoms with Crippen LogP contribution in [0, 0.1) is 13.8 Å². The van der Waals surface area contributed by atoms with Gasteiger partial charge < -0.3 is 15.6 Å². The van der Waals surface area contributed by atoms with Gasteiger partial charge in [-0.3, -0.25) is 9.59 Å². The minimum atomic E-state index is -0.508. The van der Waals surface area contributed by atoms with Gasteiger partial charge in [-0.15, -0.1) is 0 Å². The molecule has 0 spiro atoms. The summed E-state index contributed by atoms with van der Waals surface area (Å²) >= 11 is 0. The number of anilines is 1. The van der Waals surface area contributed by atoms with Crippen molar-refractivity contribution in [3.63, 3.8) is 0 Å². The average molecular weight is 339 g/mol. The number of rotatable bonds is 4. The van der Waals surface area contributed by atoms with Gasteiger partial charge in [-0.1, -0.05) is 25.3 Å². The molecule has 0 unspecified atom stereocenters. The quantitative estimate of drug-likeness (QED) is 0.884. The van der Waals surface area contributed by atoms with Crippen molar-refractivity contribution < 1.29 is 9.59 Å². The van der Waals surface area contributed by atoms with Gasteiger partial charge in [0.15, 0.2) is 0 Å². The van der Waals surface area contributed by atoms with Crippen molar-refractivity contribution in [2.45, 2.75) is 52.0 Å². The highest BCUT2D eigenvalue weighted by atomic mass is 16.2. The maximum Gasteiger partial charge on any atom is 0.257 e. The summed E-state index contributed by atoms with van der Waals surface area (Å²) < 4.78 is 2.31. The van der Waals surface area contributed by atoms with Crippen LogP contribution in [0.25, 0.3) is 0 Å². The summed E-state index contributed by atoms with van der Waals surface area (Å²) in [5, 5.41) is 2.88. The molecule has 3 N–H and O–H groups in total. The van der Waals surface area contributed by atoms with E-state index < -0.39 is 5.91 Å². The van der Waals surface area contributed by atoms with Crippen LogP contribution < -0.4 is 11.1 Å². The van der Waals surface area contributed by atoms with E-state index in [0.29, 0.717) is 22.9 Å². The second-order valence-corrected chi connectivity index (χ2v) is 6.85. The number of primary amides is 1. The van der Waals surface area contributed by atoms with E-state index in [4.69, 9.17) is 5.73 Å². The van der Waals surface area contributed by atoms with E-state index >= 15 is 0 Å². The number of aromatic nitrogens is 1. The van der Waals surface area contributed by atoms with E-state index in [1.165, 1.54) is 32.1 Å². The third-order valence-corrected chi connectivity index (χ3v) is 5.07. The number of hydrogen-bond donors (Lipinski definition) is 2. The summed E-state index contributed by atoms with van der Waals surface area (Å²) in [5.74, 6) is -0.664. The molecule has 1 aromatic heterocycles. The van der Waals surface area contributed by atoms with Crippen LogP contribution in [0.2, 0.25) is 0 Å². The lowest BCUT2D eigenvalue weighted by Crippen LogP contribution is -2.17. The average Bonchev–Trinajstić information content (AvgIpc) is 2.90. The fourth-order valence-corrected chi connectivity index (χ4v) is 3.86. The smallest absolute Gasteiger partial charge is 0.257 e. The Morgan fingerprint density at radius 1 is 1.12 bits per heavy atom. The fourth-order valence-electron chi connectivity index (χ4n) is 3.86. The SMILES string of the molecule is Cc1cc(C(=O)Nc2cccc(C(N)=O)c2)c(C)n1C1CCCCC1. The standard InChI is InChI=1S/C20H25N3O2/c1-13-11-18(14(2)23(13)17-9-4-3-5-10-17)20(25)22-16-8-6-7-15(12-16)19(21)24/h6-8,11-12,17H,3-5,9-10H2,1-2H3,(H2,21,24)(H,22,25). The van der Waals surface area contributed by atoms with E-state index in [9.17, 15) is 9.59 Å². The first-order valence-electron chi connectivity index (χ1n) is 8.87. The maximum absolute atomic E-state index is 12.7. The van der Waals surface area contributed by atoms with Crippen molar-refractivity contribution in [1.29, 1.82) is 0 Å². The van der Waals surface area contributed by atoms with Crippen molar-refractivity contribution in [1.82, 2.24) is 4.57 Å². The molecule has 1 aliphatic rings. The molecule has 25 heavy (non-hydrogen) atoms. The Balaban J connectivity index is 1.83. The van der Waals surface area contributed by atoms with Crippen LogP contribution >= 0.6 is 0 Å². The zero-order valence-corrected chi connectivity index (χ0v) is 14.8. The van der Waals surface area contributed by atoms with E-state index in [-0.39, 0.29) is 5.91 Å². The predicted octanol–water partition coefficient (Wildman–Crippen LogP) is 3.96. The Bertz CT molecular complexity index is 801. The fraction of sp³-hybridized carbons (Fsp3) is 0.400. The number of nitrogens with two attached hydrogens (primary N) is 1. The molecule has 132 valence electrons. The summed E-state index contributed by atoms with van der Waals surface area (Å²) in [5.41, 5.74) is 9.07. The van der Waals surface area contributed by atoms with Crippen LogP contribution in [0.4, 0.5) is 5.69 Å². The predicted molar refractivity (Wildman–Crippen MR) is 98.9 cm³/mol. The molecule has 3 rings (SSSR count). The Labute approximate surface area is 148 Å². The van der Waals surface area contributed by atoms with Crippen molar-refractivity contribution in [2.24, 2.45) is 5.73 Å². The molecule has 0 saturated heterocycles. The second-order valence-electron chi connectivity index (χ2n) is 6.85. The zero-order valence-electron chi connectivity index (χ0n) is 14.8. The molecule has 0 bridgehead atoms. The van der Waals surface area contributed by atoms with Crippen LogP contribution in [-0.2, 0) is 0 Å². The van der Waals surface area contributed by atoms with Gasteiger partial charge in [0.25, 0.3) is 5.91 Å². The van der Waals surface area contributed by atoms with Gasteiger partial charge in [0.2, 0.25) is 5.91 Å². The summed E-state index contributed by atoms with van der Waals surface area (Å²) in [7, 11) is 0. The summed E-state index contributed by atoms with van der Waals surface area (Å²) in [6.45, 7) is 4.07. The van der Waals surface area contributed by atoms with Gasteiger partial charge in [0.05, 0.1) is 5.56 Å². The number of hydrogen-bond acceptors (Lipinski definition) is 2. The van der Waals surface area contributed by atoms with Crippen LogP contribution in [0.1, 0.15) is 70.2 Å². The van der Waals surface area contributed by atoms with Gasteiger partial charge in [0.1, 0.15) is 0 Å². The molecule has 1 heterocycles. The van der Waals surface area contributed by atoms with Crippen molar-refractivity contribution >= 4 is 17.5 Å². The third kappa shape index (κ3) is 3.60. The highest BCUT2D eigenvalue weighted by Crippen LogP contribution is 2.32. The Morgan fingerprint density at radius 3 is 2.52 bits per heavy atom. The number of carbonyl (C=O) groups is 2. The molecule has 1 fully saturated rings. The number of nitrogens with one attached hydrogen (secondary N) is 1. The number of carbonyl (C=O) groups excluding carboxylic acids is 2. The molecule has 1 aliphatic carbocycles. The van der Waals surface area contributed by atoms with Crippen LogP contribution in [0.15, 0.2) is 30.3 Å². The monoisotopic (exact) mass is 339 g/mol. The highest BCUT2D eigenvalue weighted by molar-refractivity contribution is 6.06. The van der Waals surface area contributed by atoms with E-state index in [1.54, 1.807) is 24.3 Å². The zero-order chi connectivity index (χ0) is 18.0. The molecule has 0 aliphatic heterocycles. The first-order valence-corrected chi connectivity index (χ1v) is 8.87. The second kappa shape index (κ2) is 7.13.